The zero-order valence-electron chi connectivity index (χ0n) is 12.7. The van der Waals surface area contributed by atoms with Crippen molar-refractivity contribution in [2.45, 2.75) is 20.8 Å². The van der Waals surface area contributed by atoms with Gasteiger partial charge in [-0.3, -0.25) is 4.79 Å². The van der Waals surface area contributed by atoms with Crippen molar-refractivity contribution in [2.75, 3.05) is 0 Å². The van der Waals surface area contributed by atoms with E-state index in [1.807, 2.05) is 56.3 Å². The van der Waals surface area contributed by atoms with Crippen LogP contribution in [0.25, 0.3) is 23.4 Å². The van der Waals surface area contributed by atoms with Crippen LogP contribution in [0.3, 0.4) is 0 Å². The second-order valence-corrected chi connectivity index (χ2v) is 4.98. The fourth-order valence-corrected chi connectivity index (χ4v) is 2.24. The molecule has 21 heavy (non-hydrogen) atoms. The number of Topliss-reactive ketones (excluding diaryl/α,β-unsaturated/α-hetero) is 1. The highest BCUT2D eigenvalue weighted by molar-refractivity contribution is 5.99. The van der Waals surface area contributed by atoms with Gasteiger partial charge in [-0.2, -0.15) is 0 Å². The Morgan fingerprint density at radius 1 is 1.24 bits per heavy atom. The van der Waals surface area contributed by atoms with Crippen LogP contribution >= 0.6 is 0 Å². The standard InChI is InChI=1S/C19H19NO/c1-5-7-18-16(6-2)17(14(4)21)12-19(20-18)15-10-8-13(3)9-11-15/h5-12H,2H2,1,3-4H3/b7-5-. The first-order valence-corrected chi connectivity index (χ1v) is 6.95. The van der Waals surface area contributed by atoms with Gasteiger partial charge in [0.15, 0.2) is 5.78 Å². The Kier molecular flexibility index (Phi) is 4.49. The lowest BCUT2D eigenvalue weighted by molar-refractivity contribution is 0.101. The predicted molar refractivity (Wildman–Crippen MR) is 89.2 cm³/mol. The number of nitrogens with zero attached hydrogens (tertiary/aromatic N) is 1. The molecule has 0 saturated carbocycles. The molecule has 0 aliphatic heterocycles. The minimum absolute atomic E-state index is 0.0198. The molecule has 0 N–H and O–H groups in total. The lowest BCUT2D eigenvalue weighted by Gasteiger charge is -2.10. The van der Waals surface area contributed by atoms with Crippen LogP contribution in [0.4, 0.5) is 0 Å². The molecule has 0 saturated heterocycles. The van der Waals surface area contributed by atoms with Crippen molar-refractivity contribution in [2.24, 2.45) is 0 Å². The van der Waals surface area contributed by atoms with Crippen LogP contribution in [0.5, 0.6) is 0 Å². The van der Waals surface area contributed by atoms with Crippen LogP contribution < -0.4 is 0 Å². The lowest BCUT2D eigenvalue weighted by atomic mass is 9.99. The SMILES string of the molecule is C=Cc1c(C(C)=O)cc(-c2ccc(C)cc2)nc1/C=C\C. The van der Waals surface area contributed by atoms with Crippen LogP contribution in [0.2, 0.25) is 0 Å². The van der Waals surface area contributed by atoms with E-state index >= 15 is 0 Å². The summed E-state index contributed by atoms with van der Waals surface area (Å²) >= 11 is 0. The smallest absolute Gasteiger partial charge is 0.160 e. The van der Waals surface area contributed by atoms with Crippen molar-refractivity contribution in [1.82, 2.24) is 4.98 Å². The third-order valence-corrected chi connectivity index (χ3v) is 3.34. The van der Waals surface area contributed by atoms with E-state index in [2.05, 4.69) is 11.6 Å². The first-order chi connectivity index (χ1) is 10.1. The number of aromatic nitrogens is 1. The summed E-state index contributed by atoms with van der Waals surface area (Å²) in [6.07, 6.45) is 5.51. The first-order valence-electron chi connectivity index (χ1n) is 6.95. The molecule has 2 rings (SSSR count). The Morgan fingerprint density at radius 2 is 1.90 bits per heavy atom. The molecule has 0 spiro atoms. The van der Waals surface area contributed by atoms with Gasteiger partial charge >= 0.3 is 0 Å². The maximum absolute atomic E-state index is 11.9. The molecule has 0 bridgehead atoms. The van der Waals surface area contributed by atoms with Crippen LogP contribution in [-0.2, 0) is 0 Å². The topological polar surface area (TPSA) is 30.0 Å². The molecule has 1 heterocycles. The summed E-state index contributed by atoms with van der Waals surface area (Å²) in [6, 6.07) is 9.97. The van der Waals surface area contributed by atoms with E-state index in [4.69, 9.17) is 0 Å². The molecule has 2 heteroatoms. The molecule has 2 nitrogen and oxygen atoms in total. The number of hydrogen-bond donors (Lipinski definition) is 0. The first kappa shape index (κ1) is 14.9. The second-order valence-electron chi connectivity index (χ2n) is 4.98. The van der Waals surface area contributed by atoms with E-state index in [1.54, 1.807) is 13.0 Å². The number of carbonyl (C=O) groups is 1. The largest absolute Gasteiger partial charge is 0.294 e. The predicted octanol–water partition coefficient (Wildman–Crippen LogP) is 4.94. The summed E-state index contributed by atoms with van der Waals surface area (Å²) in [7, 11) is 0. The average molecular weight is 277 g/mol. The summed E-state index contributed by atoms with van der Waals surface area (Å²) in [5.74, 6) is 0.0198. The van der Waals surface area contributed by atoms with Crippen LogP contribution in [0.1, 0.15) is 41.0 Å². The summed E-state index contributed by atoms with van der Waals surface area (Å²) in [4.78, 5) is 16.6. The Bertz CT molecular complexity index is 709. The third-order valence-electron chi connectivity index (χ3n) is 3.34. The van der Waals surface area contributed by atoms with Crippen molar-refractivity contribution in [3.05, 3.63) is 65.4 Å². The molecular formula is C19H19NO. The molecule has 0 amide bonds. The monoisotopic (exact) mass is 277 g/mol. The highest BCUT2D eigenvalue weighted by Crippen LogP contribution is 2.25. The van der Waals surface area contributed by atoms with Gasteiger partial charge in [0.05, 0.1) is 11.4 Å². The van der Waals surface area contributed by atoms with Crippen LogP contribution in [0.15, 0.2) is 43.0 Å². The van der Waals surface area contributed by atoms with Gasteiger partial charge in [0.2, 0.25) is 0 Å². The highest BCUT2D eigenvalue weighted by atomic mass is 16.1. The summed E-state index contributed by atoms with van der Waals surface area (Å²) in [5.41, 5.74) is 5.22. The van der Waals surface area contributed by atoms with Crippen molar-refractivity contribution in [3.63, 3.8) is 0 Å². The lowest BCUT2D eigenvalue weighted by Crippen LogP contribution is -2.02. The average Bonchev–Trinajstić information content (AvgIpc) is 2.47. The molecule has 0 aliphatic rings. The number of ketones is 1. The van der Waals surface area contributed by atoms with Crippen molar-refractivity contribution in [1.29, 1.82) is 0 Å². The van der Waals surface area contributed by atoms with Crippen molar-refractivity contribution in [3.8, 4) is 11.3 Å². The van der Waals surface area contributed by atoms with Crippen LogP contribution in [0, 0.1) is 6.92 Å². The van der Waals surface area contributed by atoms with E-state index in [-0.39, 0.29) is 5.78 Å². The number of carbonyl (C=O) groups excluding carboxylic acids is 1. The Morgan fingerprint density at radius 3 is 2.43 bits per heavy atom. The zero-order chi connectivity index (χ0) is 15.4. The quantitative estimate of drug-likeness (QED) is 0.741. The third kappa shape index (κ3) is 3.16. The molecule has 0 radical (unpaired) electrons. The maximum atomic E-state index is 11.9. The molecule has 1 aromatic heterocycles. The molecular weight excluding hydrogens is 258 g/mol. The summed E-state index contributed by atoms with van der Waals surface area (Å²) in [5, 5.41) is 0. The molecule has 0 fully saturated rings. The van der Waals surface area contributed by atoms with E-state index in [9.17, 15) is 4.79 Å². The Hall–Kier alpha value is -2.48. The Labute approximate surface area is 125 Å². The maximum Gasteiger partial charge on any atom is 0.160 e. The molecule has 2 aromatic rings. The number of aryl methyl sites for hydroxylation is 1. The fourth-order valence-electron chi connectivity index (χ4n) is 2.24. The van der Waals surface area contributed by atoms with E-state index in [1.165, 1.54) is 5.56 Å². The fraction of sp³-hybridized carbons (Fsp3) is 0.158. The number of pyridine rings is 1. The Balaban J connectivity index is 2.70. The number of rotatable bonds is 4. The minimum atomic E-state index is 0.0198. The van der Waals surface area contributed by atoms with Gasteiger partial charge in [-0.25, -0.2) is 4.98 Å². The van der Waals surface area contributed by atoms with Crippen molar-refractivity contribution < 1.29 is 4.79 Å². The summed E-state index contributed by atoms with van der Waals surface area (Å²) < 4.78 is 0. The molecule has 0 unspecified atom stereocenters. The van der Waals surface area contributed by atoms with Gasteiger partial charge in [0, 0.05) is 16.7 Å². The zero-order valence-corrected chi connectivity index (χ0v) is 12.7. The van der Waals surface area contributed by atoms with E-state index in [0.717, 1.165) is 22.5 Å². The van der Waals surface area contributed by atoms with Gasteiger partial charge < -0.3 is 0 Å². The normalized spacial score (nSPS) is 10.8. The molecule has 106 valence electrons. The van der Waals surface area contributed by atoms with Gasteiger partial charge in [-0.05, 0) is 32.9 Å². The van der Waals surface area contributed by atoms with Gasteiger partial charge in [-0.15, -0.1) is 0 Å². The number of allylic oxidation sites excluding steroid dienone is 1. The molecule has 0 aliphatic carbocycles. The number of benzene rings is 1. The molecule has 1 aromatic carbocycles. The van der Waals surface area contributed by atoms with Crippen molar-refractivity contribution >= 4 is 17.9 Å². The summed E-state index contributed by atoms with van der Waals surface area (Å²) in [6.45, 7) is 9.35. The highest BCUT2D eigenvalue weighted by Gasteiger charge is 2.13. The van der Waals surface area contributed by atoms with E-state index in [0.29, 0.717) is 5.56 Å². The van der Waals surface area contributed by atoms with E-state index < -0.39 is 0 Å². The minimum Gasteiger partial charge on any atom is -0.294 e. The number of hydrogen-bond acceptors (Lipinski definition) is 2. The second kappa shape index (κ2) is 6.31. The van der Waals surface area contributed by atoms with Crippen LogP contribution in [-0.4, -0.2) is 10.8 Å². The van der Waals surface area contributed by atoms with Gasteiger partial charge in [0.1, 0.15) is 0 Å². The van der Waals surface area contributed by atoms with Gasteiger partial charge in [-0.1, -0.05) is 48.6 Å². The van der Waals surface area contributed by atoms with Gasteiger partial charge in [0.25, 0.3) is 0 Å². The molecule has 0 atom stereocenters.